The third-order valence-corrected chi connectivity index (χ3v) is 5.66. The van der Waals surface area contributed by atoms with Gasteiger partial charge in [-0.3, -0.25) is 9.48 Å². The van der Waals surface area contributed by atoms with E-state index in [1.165, 1.54) is 4.68 Å². The largest absolute Gasteiger partial charge is 0.494 e. The second-order valence-corrected chi connectivity index (χ2v) is 8.45. The maximum absolute atomic E-state index is 13.0. The Morgan fingerprint density at radius 1 is 1.09 bits per heavy atom. The normalized spacial score (nSPS) is 13.5. The van der Waals surface area contributed by atoms with Crippen molar-refractivity contribution in [1.29, 1.82) is 0 Å². The Hall–Kier alpha value is -3.49. The molecule has 0 atom stereocenters. The van der Waals surface area contributed by atoms with E-state index in [-0.39, 0.29) is 11.8 Å². The molecule has 0 bridgehead atoms. The Morgan fingerprint density at radius 3 is 2.46 bits per heavy atom. The van der Waals surface area contributed by atoms with Crippen LogP contribution in [0.1, 0.15) is 59.4 Å². The molecule has 6 nitrogen and oxygen atoms in total. The van der Waals surface area contributed by atoms with Gasteiger partial charge in [-0.05, 0) is 74.2 Å². The number of benzene rings is 2. The smallest absolute Gasteiger partial charge is 0.435 e. The molecule has 1 fully saturated rings. The molecule has 1 heterocycles. The highest BCUT2D eigenvalue weighted by Gasteiger charge is 2.37. The van der Waals surface area contributed by atoms with E-state index >= 15 is 0 Å². The monoisotopic (exact) mass is 487 g/mol. The van der Waals surface area contributed by atoms with Gasteiger partial charge in [0.05, 0.1) is 6.61 Å². The molecule has 1 saturated carbocycles. The van der Waals surface area contributed by atoms with Gasteiger partial charge in [-0.2, -0.15) is 18.3 Å². The van der Waals surface area contributed by atoms with Gasteiger partial charge in [0.25, 0.3) is 5.91 Å². The minimum absolute atomic E-state index is 0.153. The molecule has 2 aromatic carbocycles. The summed E-state index contributed by atoms with van der Waals surface area (Å²) in [5.41, 5.74) is 1.11. The van der Waals surface area contributed by atoms with Crippen molar-refractivity contribution in [3.63, 3.8) is 0 Å². The third-order valence-electron chi connectivity index (χ3n) is 5.66. The first kappa shape index (κ1) is 24.6. The Balaban J connectivity index is 1.26. The predicted molar refractivity (Wildman–Crippen MR) is 125 cm³/mol. The summed E-state index contributed by atoms with van der Waals surface area (Å²) in [6.45, 7) is 3.47. The van der Waals surface area contributed by atoms with Crippen LogP contribution in [0, 0.1) is 0 Å². The second kappa shape index (κ2) is 10.8. The van der Waals surface area contributed by atoms with Gasteiger partial charge in [0.2, 0.25) is 0 Å². The van der Waals surface area contributed by atoms with Gasteiger partial charge in [-0.1, -0.05) is 12.1 Å². The molecule has 186 valence electrons. The maximum Gasteiger partial charge on any atom is 0.435 e. The standard InChI is InChI=1S/C26H28F3N3O3/c1-2-34-21-9-11-22(12-10-21)35-17-18-5-3-6-20(15-18)25(33)30-13-4-14-32-23(19-7-8-19)16-24(31-32)26(27,28)29/h3,5-6,9-12,15-16,19H,2,4,7-8,13-14,17H2,1H3,(H,30,33). The second-order valence-electron chi connectivity index (χ2n) is 8.45. The number of aryl methyl sites for hydroxylation is 1. The lowest BCUT2D eigenvalue weighted by atomic mass is 10.1. The first-order valence-corrected chi connectivity index (χ1v) is 11.7. The lowest BCUT2D eigenvalue weighted by molar-refractivity contribution is -0.141. The number of carbonyl (C=O) groups excluding carboxylic acids is 1. The van der Waals surface area contributed by atoms with Gasteiger partial charge < -0.3 is 14.8 Å². The molecular formula is C26H28F3N3O3. The topological polar surface area (TPSA) is 65.4 Å². The summed E-state index contributed by atoms with van der Waals surface area (Å²) < 4.78 is 51.7. The van der Waals surface area contributed by atoms with Gasteiger partial charge in [0, 0.05) is 30.3 Å². The highest BCUT2D eigenvalue weighted by Crippen LogP contribution is 2.42. The number of nitrogens with zero attached hydrogens (tertiary/aromatic N) is 2. The van der Waals surface area contributed by atoms with Gasteiger partial charge >= 0.3 is 6.18 Å². The van der Waals surface area contributed by atoms with Crippen molar-refractivity contribution < 1.29 is 27.4 Å². The van der Waals surface area contributed by atoms with E-state index in [4.69, 9.17) is 9.47 Å². The first-order chi connectivity index (χ1) is 16.8. The number of halogens is 3. The van der Waals surface area contributed by atoms with E-state index in [1.807, 2.05) is 37.3 Å². The number of nitrogens with one attached hydrogen (secondary N) is 1. The van der Waals surface area contributed by atoms with Crippen LogP contribution in [0.5, 0.6) is 11.5 Å². The van der Waals surface area contributed by atoms with Crippen LogP contribution in [0.3, 0.4) is 0 Å². The first-order valence-electron chi connectivity index (χ1n) is 11.7. The molecule has 0 aliphatic heterocycles. The number of aromatic nitrogens is 2. The predicted octanol–water partition coefficient (Wildman–Crippen LogP) is 5.58. The van der Waals surface area contributed by atoms with E-state index in [0.717, 1.165) is 30.2 Å². The van der Waals surface area contributed by atoms with E-state index in [0.29, 0.717) is 49.7 Å². The number of carbonyl (C=O) groups is 1. The molecular weight excluding hydrogens is 459 g/mol. The summed E-state index contributed by atoms with van der Waals surface area (Å²) in [6.07, 6.45) is -2.20. The van der Waals surface area contributed by atoms with Crippen LogP contribution in [-0.2, 0) is 19.3 Å². The van der Waals surface area contributed by atoms with E-state index in [1.54, 1.807) is 18.2 Å². The number of hydrogen-bond acceptors (Lipinski definition) is 4. The zero-order valence-corrected chi connectivity index (χ0v) is 19.5. The van der Waals surface area contributed by atoms with Gasteiger partial charge in [-0.25, -0.2) is 0 Å². The number of rotatable bonds is 11. The average molecular weight is 488 g/mol. The highest BCUT2D eigenvalue weighted by molar-refractivity contribution is 5.94. The van der Waals surface area contributed by atoms with Crippen LogP contribution >= 0.6 is 0 Å². The third kappa shape index (κ3) is 6.77. The average Bonchev–Trinajstić information content (AvgIpc) is 3.59. The highest BCUT2D eigenvalue weighted by atomic mass is 19.4. The number of ether oxygens (including phenoxy) is 2. The van der Waals surface area contributed by atoms with Crippen molar-refractivity contribution >= 4 is 5.91 Å². The SMILES string of the molecule is CCOc1ccc(OCc2cccc(C(=O)NCCCn3nc(C(F)(F)F)cc3C3CC3)c2)cc1. The minimum atomic E-state index is -4.45. The summed E-state index contributed by atoms with van der Waals surface area (Å²) in [5, 5.41) is 6.58. The van der Waals surface area contributed by atoms with E-state index in [9.17, 15) is 18.0 Å². The molecule has 0 saturated heterocycles. The number of hydrogen-bond donors (Lipinski definition) is 1. The molecule has 0 unspecified atom stereocenters. The summed E-state index contributed by atoms with van der Waals surface area (Å²) >= 11 is 0. The van der Waals surface area contributed by atoms with Gasteiger partial charge in [0.1, 0.15) is 18.1 Å². The Morgan fingerprint density at radius 2 is 1.80 bits per heavy atom. The molecule has 35 heavy (non-hydrogen) atoms. The van der Waals surface area contributed by atoms with Gasteiger partial charge in [0.15, 0.2) is 5.69 Å². The molecule has 1 aromatic heterocycles. The zero-order chi connectivity index (χ0) is 24.8. The van der Waals surface area contributed by atoms with Crippen molar-refractivity contribution in [2.24, 2.45) is 0 Å². The maximum atomic E-state index is 13.0. The molecule has 4 rings (SSSR count). The summed E-state index contributed by atoms with van der Waals surface area (Å²) in [6, 6.07) is 15.6. The quantitative estimate of drug-likeness (QED) is 0.359. The van der Waals surface area contributed by atoms with Crippen molar-refractivity contribution in [3.05, 3.63) is 77.1 Å². The van der Waals surface area contributed by atoms with Gasteiger partial charge in [-0.15, -0.1) is 0 Å². The van der Waals surface area contributed by atoms with E-state index < -0.39 is 11.9 Å². The number of alkyl halides is 3. The van der Waals surface area contributed by atoms with Crippen LogP contribution in [0.15, 0.2) is 54.6 Å². The molecule has 1 N–H and O–H groups in total. The molecule has 0 radical (unpaired) electrons. The van der Waals surface area contributed by atoms with Crippen LogP contribution in [0.4, 0.5) is 13.2 Å². The van der Waals surface area contributed by atoms with Crippen LogP contribution < -0.4 is 14.8 Å². The molecule has 1 aliphatic rings. The Labute approximate surface area is 202 Å². The fraction of sp³-hybridized carbons (Fsp3) is 0.385. The van der Waals surface area contributed by atoms with Crippen molar-refractivity contribution in [2.75, 3.05) is 13.2 Å². The van der Waals surface area contributed by atoms with Crippen LogP contribution in [0.2, 0.25) is 0 Å². The molecule has 3 aromatic rings. The van der Waals surface area contributed by atoms with Crippen molar-refractivity contribution in [3.8, 4) is 11.5 Å². The summed E-state index contributed by atoms with van der Waals surface area (Å²) in [7, 11) is 0. The fourth-order valence-corrected chi connectivity index (χ4v) is 3.76. The lowest BCUT2D eigenvalue weighted by Gasteiger charge is -2.10. The summed E-state index contributed by atoms with van der Waals surface area (Å²) in [5.74, 6) is 1.38. The zero-order valence-electron chi connectivity index (χ0n) is 19.5. The molecule has 1 amide bonds. The fourth-order valence-electron chi connectivity index (χ4n) is 3.76. The van der Waals surface area contributed by atoms with Crippen LogP contribution in [0.25, 0.3) is 0 Å². The minimum Gasteiger partial charge on any atom is -0.494 e. The molecule has 1 aliphatic carbocycles. The molecule has 0 spiro atoms. The Kier molecular flexibility index (Phi) is 7.63. The number of amides is 1. The van der Waals surface area contributed by atoms with Crippen LogP contribution in [-0.4, -0.2) is 28.8 Å². The lowest BCUT2D eigenvalue weighted by Crippen LogP contribution is -2.25. The summed E-state index contributed by atoms with van der Waals surface area (Å²) in [4.78, 5) is 12.6. The van der Waals surface area contributed by atoms with E-state index in [2.05, 4.69) is 10.4 Å². The Bertz CT molecular complexity index is 1140. The van der Waals surface area contributed by atoms with Crippen molar-refractivity contribution in [1.82, 2.24) is 15.1 Å². The van der Waals surface area contributed by atoms with Crippen molar-refractivity contribution in [2.45, 2.75) is 51.4 Å². The molecule has 9 heteroatoms.